The van der Waals surface area contributed by atoms with Gasteiger partial charge in [0.05, 0.1) is 31.4 Å². The summed E-state index contributed by atoms with van der Waals surface area (Å²) in [7, 11) is 3.23. The predicted molar refractivity (Wildman–Crippen MR) is 126 cm³/mol. The van der Waals surface area contributed by atoms with Crippen LogP contribution in [0.4, 0.5) is 5.82 Å². The lowest BCUT2D eigenvalue weighted by molar-refractivity contribution is -0.140. The fourth-order valence-corrected chi connectivity index (χ4v) is 5.44. The Hall–Kier alpha value is -3.31. The number of benzene rings is 1. The van der Waals surface area contributed by atoms with Gasteiger partial charge in [-0.1, -0.05) is 13.0 Å². The first kappa shape index (κ1) is 22.5. The van der Waals surface area contributed by atoms with E-state index in [1.807, 2.05) is 29.2 Å². The zero-order valence-electron chi connectivity index (χ0n) is 19.9. The van der Waals surface area contributed by atoms with Crippen molar-refractivity contribution >= 4 is 11.7 Å². The monoisotopic (exact) mass is 462 g/mol. The minimum atomic E-state index is -0.421. The van der Waals surface area contributed by atoms with Crippen LogP contribution in [0.25, 0.3) is 0 Å². The molecule has 3 heterocycles. The van der Waals surface area contributed by atoms with Crippen molar-refractivity contribution in [3.8, 4) is 17.6 Å². The molecular weight excluding hydrogens is 432 g/mol. The minimum absolute atomic E-state index is 0.0308. The first-order valence-electron chi connectivity index (χ1n) is 11.8. The van der Waals surface area contributed by atoms with Crippen LogP contribution in [0.2, 0.25) is 0 Å². The second-order valence-electron chi connectivity index (χ2n) is 9.51. The summed E-state index contributed by atoms with van der Waals surface area (Å²) in [6.45, 7) is 3.62. The van der Waals surface area contributed by atoms with Crippen LogP contribution >= 0.6 is 0 Å². The van der Waals surface area contributed by atoms with Gasteiger partial charge in [-0.3, -0.25) is 4.79 Å². The molecule has 34 heavy (non-hydrogen) atoms. The Balaban J connectivity index is 1.24. The first-order chi connectivity index (χ1) is 16.5. The molecule has 178 valence electrons. The summed E-state index contributed by atoms with van der Waals surface area (Å²) < 4.78 is 17.0. The van der Waals surface area contributed by atoms with Crippen molar-refractivity contribution in [2.24, 2.45) is 5.92 Å². The van der Waals surface area contributed by atoms with E-state index in [1.165, 1.54) is 0 Å². The molecule has 3 aliphatic rings. The number of hydrogen-bond acceptors (Lipinski definition) is 7. The molecule has 8 heteroatoms. The van der Waals surface area contributed by atoms with E-state index in [9.17, 15) is 4.79 Å². The number of carbonyl (C=O) groups excluding carboxylic acids is 1. The van der Waals surface area contributed by atoms with E-state index in [0.29, 0.717) is 36.1 Å². The minimum Gasteiger partial charge on any atom is -0.493 e. The molecule has 2 unspecified atom stereocenters. The van der Waals surface area contributed by atoms with Gasteiger partial charge in [0.25, 0.3) is 0 Å². The van der Waals surface area contributed by atoms with E-state index in [0.717, 1.165) is 30.6 Å². The Bertz CT molecular complexity index is 1110. The van der Waals surface area contributed by atoms with Crippen LogP contribution in [-0.4, -0.2) is 61.8 Å². The highest BCUT2D eigenvalue weighted by molar-refractivity contribution is 5.78. The second kappa shape index (κ2) is 8.80. The third kappa shape index (κ3) is 3.94. The highest BCUT2D eigenvalue weighted by Crippen LogP contribution is 2.51. The fourth-order valence-electron chi connectivity index (χ4n) is 5.44. The molecule has 0 radical (unpaired) electrons. The molecule has 5 rings (SSSR count). The number of ether oxygens (including phenoxy) is 3. The van der Waals surface area contributed by atoms with Crippen LogP contribution in [-0.2, 0) is 15.1 Å². The molecule has 1 aromatic carbocycles. The zero-order valence-corrected chi connectivity index (χ0v) is 19.9. The van der Waals surface area contributed by atoms with Crippen LogP contribution in [0.1, 0.15) is 37.3 Å². The highest BCUT2D eigenvalue weighted by atomic mass is 16.5. The lowest BCUT2D eigenvalue weighted by Crippen LogP contribution is -2.57. The molecule has 1 aromatic heterocycles. The molecule has 8 nitrogen and oxygen atoms in total. The normalized spacial score (nSPS) is 24.5. The van der Waals surface area contributed by atoms with Gasteiger partial charge < -0.3 is 24.0 Å². The number of hydrogen-bond donors (Lipinski definition) is 0. The van der Waals surface area contributed by atoms with Gasteiger partial charge >= 0.3 is 0 Å². The first-order valence-corrected chi connectivity index (χ1v) is 11.8. The molecule has 1 saturated carbocycles. The molecule has 2 aliphatic heterocycles. The van der Waals surface area contributed by atoms with Crippen molar-refractivity contribution in [2.45, 2.75) is 43.9 Å². The van der Waals surface area contributed by atoms with Gasteiger partial charge in [-0.05, 0) is 55.0 Å². The summed E-state index contributed by atoms with van der Waals surface area (Å²) in [6, 6.07) is 12.1. The Morgan fingerprint density at radius 2 is 1.97 bits per heavy atom. The molecule has 3 atom stereocenters. The van der Waals surface area contributed by atoms with E-state index < -0.39 is 5.60 Å². The quantitative estimate of drug-likeness (QED) is 0.625. The number of aromatic nitrogens is 1. The smallest absolute Gasteiger partial charge is 0.248 e. The number of amides is 1. The van der Waals surface area contributed by atoms with Crippen LogP contribution < -0.4 is 14.4 Å². The maximum atomic E-state index is 13.2. The molecule has 1 amide bonds. The number of fused-ring (bicyclic) bond motifs is 2. The van der Waals surface area contributed by atoms with Crippen LogP contribution in [0.5, 0.6) is 11.5 Å². The number of nitrogens with zero attached hydrogens (tertiary/aromatic N) is 4. The van der Waals surface area contributed by atoms with Crippen LogP contribution in [0.15, 0.2) is 36.5 Å². The summed E-state index contributed by atoms with van der Waals surface area (Å²) in [4.78, 5) is 22.0. The third-order valence-electron chi connectivity index (χ3n) is 7.47. The lowest BCUT2D eigenvalue weighted by Gasteiger charge is -2.42. The highest BCUT2D eigenvalue weighted by Gasteiger charge is 2.48. The maximum Gasteiger partial charge on any atom is 0.248 e. The average Bonchev–Trinajstić information content (AvgIpc) is 3.64. The summed E-state index contributed by atoms with van der Waals surface area (Å²) in [5, 5.41) is 9.06. The molecule has 2 aromatic rings. The van der Waals surface area contributed by atoms with E-state index in [-0.39, 0.29) is 24.6 Å². The summed E-state index contributed by atoms with van der Waals surface area (Å²) >= 11 is 0. The van der Waals surface area contributed by atoms with Crippen molar-refractivity contribution < 1.29 is 19.0 Å². The van der Waals surface area contributed by atoms with Gasteiger partial charge in [0.1, 0.15) is 18.5 Å². The maximum absolute atomic E-state index is 13.2. The average molecular weight is 463 g/mol. The third-order valence-corrected chi connectivity index (χ3v) is 7.47. The Kier molecular flexibility index (Phi) is 5.82. The Labute approximate surface area is 200 Å². The largest absolute Gasteiger partial charge is 0.493 e. The second-order valence-corrected chi connectivity index (χ2v) is 9.51. The molecule has 3 fully saturated rings. The molecule has 1 aliphatic carbocycles. The number of carbonyl (C=O) groups is 1. The Morgan fingerprint density at radius 1 is 1.18 bits per heavy atom. The lowest BCUT2D eigenvalue weighted by atomic mass is 10.0. The van der Waals surface area contributed by atoms with Crippen molar-refractivity contribution in [3.63, 3.8) is 0 Å². The number of piperazine rings is 1. The van der Waals surface area contributed by atoms with Gasteiger partial charge in [-0.2, -0.15) is 5.26 Å². The molecule has 0 N–H and O–H groups in total. The van der Waals surface area contributed by atoms with Gasteiger partial charge in [0.2, 0.25) is 5.91 Å². The zero-order chi connectivity index (χ0) is 23.9. The molecular formula is C26H30N4O4. The van der Waals surface area contributed by atoms with Crippen molar-refractivity contribution in [1.82, 2.24) is 9.88 Å². The molecule has 0 spiro atoms. The summed E-state index contributed by atoms with van der Waals surface area (Å²) in [5.41, 5.74) is 1.15. The van der Waals surface area contributed by atoms with Crippen molar-refractivity contribution in [2.75, 3.05) is 38.8 Å². The number of likely N-dealkylation sites (tertiary alicyclic amines) is 1. The number of nitriles is 1. The fraction of sp³-hybridized carbons (Fsp3) is 0.500. The van der Waals surface area contributed by atoms with Gasteiger partial charge in [-0.15, -0.1) is 0 Å². The Morgan fingerprint density at radius 3 is 2.59 bits per heavy atom. The van der Waals surface area contributed by atoms with E-state index in [2.05, 4.69) is 22.9 Å². The number of rotatable bonds is 7. The molecule has 2 bridgehead atoms. The van der Waals surface area contributed by atoms with Crippen molar-refractivity contribution in [3.05, 3.63) is 47.7 Å². The summed E-state index contributed by atoms with van der Waals surface area (Å²) in [5.74, 6) is 2.72. The number of anilines is 1. The predicted octanol–water partition coefficient (Wildman–Crippen LogP) is 3.10. The molecule has 2 saturated heterocycles. The van der Waals surface area contributed by atoms with Crippen LogP contribution in [0.3, 0.4) is 0 Å². The van der Waals surface area contributed by atoms with E-state index >= 15 is 0 Å². The van der Waals surface area contributed by atoms with Crippen LogP contribution in [0, 0.1) is 17.2 Å². The van der Waals surface area contributed by atoms with Crippen molar-refractivity contribution in [1.29, 1.82) is 5.26 Å². The van der Waals surface area contributed by atoms with E-state index in [1.54, 1.807) is 26.5 Å². The number of pyridine rings is 1. The van der Waals surface area contributed by atoms with Gasteiger partial charge in [-0.25, -0.2) is 4.98 Å². The van der Waals surface area contributed by atoms with Gasteiger partial charge in [0.15, 0.2) is 11.5 Å². The number of methoxy groups -OCH3 is 2. The van der Waals surface area contributed by atoms with E-state index in [4.69, 9.17) is 19.5 Å². The topological polar surface area (TPSA) is 87.9 Å². The standard InChI is InChI=1S/C26H30N4O4/c1-17-10-20-14-29(15-21(17)30(20)24-7-4-18(12-27)13-28-24)25(31)16-34-26(8-9-26)19-5-6-22(32-2)23(11-19)33-3/h4-7,11,13,17,20-21H,8-10,14-16H2,1-3H3/t17-,20?,21?/m0/s1. The van der Waals surface area contributed by atoms with Gasteiger partial charge in [0, 0.05) is 25.3 Å². The SMILES string of the molecule is COc1ccc(C2(OCC(=O)N3CC4C[C@H](C)C(C3)N4c3ccc(C#N)cn3)CC2)cc1OC. The summed E-state index contributed by atoms with van der Waals surface area (Å²) in [6.07, 6.45) is 4.41.